The van der Waals surface area contributed by atoms with Crippen LogP contribution in [0.3, 0.4) is 0 Å². The topological polar surface area (TPSA) is 186 Å². The first kappa shape index (κ1) is 48.9. The molecule has 62 heavy (non-hydrogen) atoms. The minimum absolute atomic E-state index is 0.0845. The number of hydrogen-bond donors (Lipinski definition) is 2. The Labute approximate surface area is 368 Å². The van der Waals surface area contributed by atoms with E-state index in [-0.39, 0.29) is 78.7 Å². The Morgan fingerprint density at radius 1 is 0.952 bits per heavy atom. The summed E-state index contributed by atoms with van der Waals surface area (Å²) >= 11 is 0. The van der Waals surface area contributed by atoms with Gasteiger partial charge in [0.05, 0.1) is 67.0 Å². The van der Waals surface area contributed by atoms with Gasteiger partial charge in [-0.15, -0.1) is 0 Å². The molecule has 6 heterocycles. The molecule has 0 saturated carbocycles. The molecule has 2 amide bonds. The average molecular weight is 878 g/mol. The van der Waals surface area contributed by atoms with Crippen LogP contribution in [0.25, 0.3) is 0 Å². The number of rotatable bonds is 17. The van der Waals surface area contributed by atoms with E-state index >= 15 is 0 Å². The van der Waals surface area contributed by atoms with E-state index in [2.05, 4.69) is 27.7 Å². The monoisotopic (exact) mass is 878 g/mol. The molecular weight excluding hydrogens is 803 g/mol. The number of carbonyl (C=O) groups is 4. The fraction of sp³-hybridized carbons (Fsp3) is 0.872. The minimum Gasteiger partial charge on any atom is -0.469 e. The highest BCUT2D eigenvalue weighted by molar-refractivity contribution is 6.12. The second kappa shape index (κ2) is 19.5. The number of unbranched alkanes of at least 4 members (excludes halogenated alkanes) is 2. The standard InChI is InChI=1S/C47H75NO14/c1-11-45(19-18-35(59-45)44(8)20-21-46(62-44)25-33(49)30(5)41(60-46)31(6)40(55-9)32(7)43(53)56-10)42-28(3)24-34(58-42)39-27(2)23-29(4)47(54,61-39)26-57-38(52)15-13-12-14-22-48-36(50)16-17-37(48)51/h16-17,27-35,39-42,49,54H,11-15,18-26H2,1-10H3/t27-,28-,29+,30+,31-,32?,33-,34+,35?,39-,40+,41-,42+,44-,45-,46+,47-/m0/s1. The number of carbonyl (C=O) groups excluding carboxylic acids is 4. The van der Waals surface area contributed by atoms with Crippen LogP contribution in [-0.4, -0.2) is 132 Å². The van der Waals surface area contributed by atoms with Crippen molar-refractivity contribution in [3.63, 3.8) is 0 Å². The van der Waals surface area contributed by atoms with Crippen molar-refractivity contribution in [1.29, 1.82) is 0 Å². The van der Waals surface area contributed by atoms with Crippen LogP contribution in [0.15, 0.2) is 12.2 Å². The van der Waals surface area contributed by atoms with E-state index in [4.69, 9.17) is 37.9 Å². The maximum atomic E-state index is 12.7. The molecule has 2 N–H and O–H groups in total. The molecule has 17 atom stereocenters. The fourth-order valence-electron chi connectivity index (χ4n) is 11.7. The van der Waals surface area contributed by atoms with Crippen LogP contribution >= 0.6 is 0 Å². The Hall–Kier alpha value is -2.50. The highest BCUT2D eigenvalue weighted by atomic mass is 16.7. The minimum atomic E-state index is -1.67. The summed E-state index contributed by atoms with van der Waals surface area (Å²) in [4.78, 5) is 50.0. The second-order valence-electron chi connectivity index (χ2n) is 20.0. The molecule has 6 aliphatic heterocycles. The van der Waals surface area contributed by atoms with Gasteiger partial charge >= 0.3 is 11.9 Å². The first-order valence-corrected chi connectivity index (χ1v) is 23.3. The van der Waals surface area contributed by atoms with E-state index in [1.165, 1.54) is 24.2 Å². The molecule has 352 valence electrons. The van der Waals surface area contributed by atoms with Crippen LogP contribution in [0.4, 0.5) is 0 Å². The summed E-state index contributed by atoms with van der Waals surface area (Å²) in [6.45, 7) is 16.2. The lowest BCUT2D eigenvalue weighted by atomic mass is 9.78. The van der Waals surface area contributed by atoms with Crippen molar-refractivity contribution in [3.8, 4) is 0 Å². The molecule has 0 aromatic carbocycles. The van der Waals surface area contributed by atoms with Crippen LogP contribution in [0.5, 0.6) is 0 Å². The molecule has 0 radical (unpaired) electrons. The van der Waals surface area contributed by atoms with Gasteiger partial charge in [-0.25, -0.2) is 0 Å². The molecule has 5 saturated heterocycles. The fourth-order valence-corrected chi connectivity index (χ4v) is 11.7. The van der Waals surface area contributed by atoms with Crippen molar-refractivity contribution < 1.29 is 67.3 Å². The van der Waals surface area contributed by atoms with Gasteiger partial charge in [-0.3, -0.25) is 24.1 Å². The molecule has 2 unspecified atom stereocenters. The van der Waals surface area contributed by atoms with E-state index in [1.54, 1.807) is 14.0 Å². The quantitative estimate of drug-likeness (QED) is 0.108. The van der Waals surface area contributed by atoms with Crippen LogP contribution in [0.1, 0.15) is 132 Å². The van der Waals surface area contributed by atoms with E-state index in [0.29, 0.717) is 51.5 Å². The number of ether oxygens (including phenoxy) is 8. The van der Waals surface area contributed by atoms with Gasteiger partial charge < -0.3 is 48.1 Å². The molecule has 0 bridgehead atoms. The Kier molecular flexibility index (Phi) is 15.4. The van der Waals surface area contributed by atoms with Crippen LogP contribution in [-0.2, 0) is 57.1 Å². The van der Waals surface area contributed by atoms with E-state index in [1.807, 2.05) is 20.8 Å². The van der Waals surface area contributed by atoms with E-state index < -0.39 is 59.1 Å². The maximum Gasteiger partial charge on any atom is 0.311 e. The summed E-state index contributed by atoms with van der Waals surface area (Å²) in [6.07, 6.45) is 6.98. The molecule has 6 aliphatic rings. The summed E-state index contributed by atoms with van der Waals surface area (Å²) in [5.74, 6) is -5.13. The van der Waals surface area contributed by atoms with Gasteiger partial charge in [0.1, 0.15) is 6.61 Å². The molecule has 1 spiro atoms. The lowest BCUT2D eigenvalue weighted by molar-refractivity contribution is -0.336. The number of methoxy groups -OCH3 is 2. The second-order valence-corrected chi connectivity index (χ2v) is 20.0. The van der Waals surface area contributed by atoms with Crippen molar-refractivity contribution in [1.82, 2.24) is 4.90 Å². The maximum absolute atomic E-state index is 12.7. The number of hydrogen-bond acceptors (Lipinski definition) is 14. The highest BCUT2D eigenvalue weighted by Gasteiger charge is 2.62. The zero-order valence-electron chi connectivity index (χ0n) is 38.8. The number of aliphatic hydroxyl groups is 2. The third-order valence-corrected chi connectivity index (χ3v) is 15.6. The van der Waals surface area contributed by atoms with Gasteiger partial charge in [-0.2, -0.15) is 0 Å². The number of nitrogens with zero attached hydrogens (tertiary/aromatic N) is 1. The van der Waals surface area contributed by atoms with Crippen LogP contribution < -0.4 is 0 Å². The SMILES string of the molecule is CC[C@@]1([C@@H]2O[C@@H]([C@H]3O[C@@](O)(COC(=O)CCCCCN4C(=O)C=CC4=O)[C@H](C)C[C@@H]3C)C[C@@H]2C)CCC([C@]2(C)CC[C@]3(C[C@H](O)[C@@H](C)[C@@H]([C@@H](C)[C@@H](OC)C(C)C(=O)OC)O3)O2)O1. The summed E-state index contributed by atoms with van der Waals surface area (Å²) in [5.41, 5.74) is -1.24. The van der Waals surface area contributed by atoms with Crippen molar-refractivity contribution in [3.05, 3.63) is 12.2 Å². The zero-order chi connectivity index (χ0) is 45.4. The predicted molar refractivity (Wildman–Crippen MR) is 225 cm³/mol. The third-order valence-electron chi connectivity index (χ3n) is 15.6. The smallest absolute Gasteiger partial charge is 0.311 e. The lowest BCUT2D eigenvalue weighted by Crippen LogP contribution is -2.57. The molecule has 0 aromatic heterocycles. The largest absolute Gasteiger partial charge is 0.469 e. The molecule has 5 fully saturated rings. The Bertz CT molecular complexity index is 1620. The number of aliphatic hydroxyl groups excluding tert-OH is 1. The van der Waals surface area contributed by atoms with E-state index in [0.717, 1.165) is 25.7 Å². The van der Waals surface area contributed by atoms with Crippen molar-refractivity contribution in [2.45, 2.75) is 198 Å². The number of esters is 2. The summed E-state index contributed by atoms with van der Waals surface area (Å²) < 4.78 is 51.0. The average Bonchev–Trinajstić information content (AvgIpc) is 4.02. The number of amides is 2. The molecule has 0 aromatic rings. The van der Waals surface area contributed by atoms with Gasteiger partial charge in [0, 0.05) is 62.8 Å². The molecule has 15 heteroatoms. The molecule has 0 aliphatic carbocycles. The third kappa shape index (κ3) is 9.85. The van der Waals surface area contributed by atoms with Gasteiger partial charge in [0.2, 0.25) is 5.79 Å². The Balaban J connectivity index is 1.04. The summed E-state index contributed by atoms with van der Waals surface area (Å²) in [7, 11) is 2.95. The molecular formula is C47H75NO14. The summed E-state index contributed by atoms with van der Waals surface area (Å²) in [5, 5.41) is 23.2. The van der Waals surface area contributed by atoms with Crippen LogP contribution in [0.2, 0.25) is 0 Å². The van der Waals surface area contributed by atoms with Gasteiger partial charge in [-0.05, 0) is 77.0 Å². The van der Waals surface area contributed by atoms with Gasteiger partial charge in [0.25, 0.3) is 11.8 Å². The first-order valence-electron chi connectivity index (χ1n) is 23.3. The zero-order valence-corrected chi connectivity index (χ0v) is 38.8. The highest BCUT2D eigenvalue weighted by Crippen LogP contribution is 2.55. The van der Waals surface area contributed by atoms with Gasteiger partial charge in [-0.1, -0.05) is 48.0 Å². The Morgan fingerprint density at radius 3 is 2.32 bits per heavy atom. The first-order chi connectivity index (χ1) is 29.2. The number of imide groups is 1. The van der Waals surface area contributed by atoms with Crippen LogP contribution in [0, 0.1) is 35.5 Å². The Morgan fingerprint density at radius 2 is 1.66 bits per heavy atom. The summed E-state index contributed by atoms with van der Waals surface area (Å²) in [6, 6.07) is 0. The van der Waals surface area contributed by atoms with Crippen molar-refractivity contribution >= 4 is 23.8 Å². The molecule has 6 rings (SSSR count). The lowest BCUT2D eigenvalue weighted by Gasteiger charge is -2.49. The molecule has 15 nitrogen and oxygen atoms in total. The van der Waals surface area contributed by atoms with Gasteiger partial charge in [0.15, 0.2) is 5.79 Å². The van der Waals surface area contributed by atoms with Crippen molar-refractivity contribution in [2.75, 3.05) is 27.4 Å². The van der Waals surface area contributed by atoms with E-state index in [9.17, 15) is 29.4 Å². The normalized spacial score (nSPS) is 42.4. The predicted octanol–water partition coefficient (Wildman–Crippen LogP) is 5.40. The van der Waals surface area contributed by atoms with Crippen molar-refractivity contribution in [2.24, 2.45) is 35.5 Å².